The summed E-state index contributed by atoms with van der Waals surface area (Å²) in [5.41, 5.74) is -5.46. The fourth-order valence-electron chi connectivity index (χ4n) is 12.5. The number of nitrogens with zero attached hydrogens (tertiary/aromatic N) is 3. The van der Waals surface area contributed by atoms with Gasteiger partial charge in [-0.15, -0.1) is 0 Å². The molecule has 1 aromatic carbocycles. The predicted molar refractivity (Wildman–Crippen MR) is 314 cm³/mol. The van der Waals surface area contributed by atoms with Crippen molar-refractivity contribution in [2.45, 2.75) is 103 Å². The Morgan fingerprint density at radius 2 is 0.857 bits per heavy atom. The second kappa shape index (κ2) is 28.4. The zero-order valence-corrected chi connectivity index (χ0v) is 54.3. The van der Waals surface area contributed by atoms with Crippen LogP contribution >= 0.6 is 31.0 Å². The largest absolute Gasteiger partial charge is 0.403 e. The number of fused-ring (bicyclic) bond motifs is 9. The topological polar surface area (TPSA) is 444 Å². The molecule has 4 aromatic rings. The number of hydrogen-bond acceptors (Lipinski definition) is 24. The van der Waals surface area contributed by atoms with E-state index in [2.05, 4.69) is 43.4 Å². The molecule has 508 valence electrons. The van der Waals surface area contributed by atoms with Crippen molar-refractivity contribution in [3.8, 4) is 0 Å². The summed E-state index contributed by atoms with van der Waals surface area (Å²) in [7, 11) is -5.37. The molecule has 11 heterocycles. The molecule has 3 aromatic heterocycles. The van der Waals surface area contributed by atoms with Gasteiger partial charge in [-0.3, -0.25) is 33.1 Å². The molecule has 36 nitrogen and oxygen atoms in total. The molecule has 12 rings (SSSR count). The van der Waals surface area contributed by atoms with Crippen molar-refractivity contribution in [1.82, 2.24) is 39.0 Å². The van der Waals surface area contributed by atoms with Crippen LogP contribution in [0.4, 0.5) is 0 Å². The summed E-state index contributed by atoms with van der Waals surface area (Å²) in [4.78, 5) is 89.2. The number of ether oxygens (including phenoxy) is 12. The van der Waals surface area contributed by atoms with E-state index in [9.17, 15) is 57.0 Å². The van der Waals surface area contributed by atoms with E-state index >= 15 is 0 Å². The molecule has 0 aliphatic carbocycles. The maximum atomic E-state index is 12.9. The van der Waals surface area contributed by atoms with E-state index in [1.54, 1.807) is 43.8 Å². The first kappa shape index (κ1) is 71.3. The fourth-order valence-corrected chi connectivity index (χ4v) is 15.8. The van der Waals surface area contributed by atoms with Gasteiger partial charge in [0, 0.05) is 93.0 Å². The Labute approximate surface area is 519 Å². The molecule has 0 spiro atoms. The SMILES string of the molecule is COC[C@@]12CO[C@H]([C@H](C)O1)[C@@H]2NP(=O)(O)OC.COC[C@@]12CO[C@H]([C@H](n3ccc(=O)[nH]c3=O)O1)[C@@H]2NP(=O)(O)OC.COC[C@@]12CO[C@H]([C@H](n3ccc4ccccc4c3=O)O1)[C@@H]2NP(=O)(O)OC.COC[C@@]12CO[C@H]([C@H](n3ccccc3=O)O1)[C@@H]2NP(=O)(O)OC. The monoisotopic (exact) mass is 1370 g/mol. The quantitative estimate of drug-likeness (QED) is 0.0416. The molecule has 8 saturated heterocycles. The third kappa shape index (κ3) is 14.6. The van der Waals surface area contributed by atoms with Crippen molar-refractivity contribution in [2.24, 2.45) is 0 Å². The minimum absolute atomic E-state index is 0.0689. The van der Waals surface area contributed by atoms with Crippen LogP contribution in [0.5, 0.6) is 0 Å². The molecular weight excluding hydrogens is 1300 g/mol. The minimum atomic E-state index is -4.07. The van der Waals surface area contributed by atoms with Gasteiger partial charge in [0.05, 0.1) is 83.1 Å². The van der Waals surface area contributed by atoms with E-state index < -0.39 is 126 Å². The standard InChI is InChI=1S/C17H21N2O7P.C13H19N2O7P.C12H18N3O8P.C9H18NO6P/c1-23-9-17-10-25-13(14(17)18-27(21,22)24-2)16(26-17)19-8-7-11-5-3-4-6-12(11)15(19)20;1-19-7-13-8-21-10(11(13)14-23(17,18)20-2)12(22-13)15-6-4-3-5-9(15)16;1-20-5-12-6-22-8(9(12)14-24(18,19)21-2)10(23-12)15-4-3-7(16)13-11(15)17;1-6-7-8(10-17(11,12)14-3)9(16-6,4-13-2)5-15-7/h3-8,13-14,16H,9-10H2,1-2H3,(H2,18,21,22);3-6,10-12H,7-8H2,1-2H3,(H2,14,17,18);3-4,8-10H,5-6H2,1-2H3,(H,13,16,17)(H2,14,18,19);6-8H,4-5H2,1-3H3,(H2,10,11,12)/t13-,14-,16+,17-;10-,11-,12+,13-;8-,9-,10+,12-;6-,7+,8-,9-/m0000/s1. The van der Waals surface area contributed by atoms with Gasteiger partial charge in [-0.05, 0) is 30.5 Å². The summed E-state index contributed by atoms with van der Waals surface area (Å²) in [5, 5.41) is 11.6. The molecule has 8 aliphatic rings. The molecule has 20 atom stereocenters. The van der Waals surface area contributed by atoms with Gasteiger partial charge >= 0.3 is 36.7 Å². The van der Waals surface area contributed by atoms with Gasteiger partial charge in [0.2, 0.25) is 0 Å². The summed E-state index contributed by atoms with van der Waals surface area (Å²) in [6.45, 7) is 3.32. The number of rotatable bonds is 23. The lowest BCUT2D eigenvalue weighted by Crippen LogP contribution is -2.50. The predicted octanol–water partition coefficient (Wildman–Crippen LogP) is -0.666. The molecule has 8 bridgehead atoms. The van der Waals surface area contributed by atoms with Gasteiger partial charge in [0.25, 0.3) is 16.7 Å². The summed E-state index contributed by atoms with van der Waals surface area (Å²) >= 11 is 0. The Morgan fingerprint density at radius 3 is 1.26 bits per heavy atom. The van der Waals surface area contributed by atoms with Crippen molar-refractivity contribution in [3.05, 3.63) is 115 Å². The van der Waals surface area contributed by atoms with Crippen LogP contribution in [0.25, 0.3) is 10.8 Å². The molecular formula is C51H76N8O28P4. The van der Waals surface area contributed by atoms with Crippen LogP contribution in [-0.2, 0) is 93.2 Å². The highest BCUT2D eigenvalue weighted by Crippen LogP contribution is 2.53. The Bertz CT molecular complexity index is 3660. The highest BCUT2D eigenvalue weighted by Gasteiger charge is 2.67. The Hall–Kier alpha value is -3.98. The van der Waals surface area contributed by atoms with E-state index in [-0.39, 0.29) is 63.0 Å². The second-order valence-electron chi connectivity index (χ2n) is 22.3. The molecule has 40 heteroatoms. The molecule has 4 unspecified atom stereocenters. The normalized spacial score (nSPS) is 35.7. The number of aromatic nitrogens is 4. The van der Waals surface area contributed by atoms with E-state index in [0.29, 0.717) is 18.6 Å². The van der Waals surface area contributed by atoms with Crippen LogP contribution < -0.4 is 42.7 Å². The molecule has 8 aliphatic heterocycles. The number of methoxy groups -OCH3 is 4. The lowest BCUT2D eigenvalue weighted by molar-refractivity contribution is -0.188. The third-order valence-electron chi connectivity index (χ3n) is 16.6. The van der Waals surface area contributed by atoms with Crippen LogP contribution in [0.15, 0.2) is 92.4 Å². The van der Waals surface area contributed by atoms with Gasteiger partial charge in [0.1, 0.15) is 46.8 Å². The smallest absolute Gasteiger partial charge is 0.382 e. The first-order chi connectivity index (χ1) is 43.1. The molecule has 0 radical (unpaired) electrons. The number of nitrogens with one attached hydrogen (secondary N) is 5. The number of benzene rings is 1. The van der Waals surface area contributed by atoms with E-state index in [0.717, 1.165) is 31.3 Å². The second-order valence-corrected chi connectivity index (χ2v) is 28.9. The Kier molecular flexibility index (Phi) is 22.2. The maximum absolute atomic E-state index is 12.9. The van der Waals surface area contributed by atoms with Crippen molar-refractivity contribution in [3.63, 3.8) is 0 Å². The fraction of sp³-hybridized carbons (Fsp3) is 0.647. The lowest BCUT2D eigenvalue weighted by Gasteiger charge is -2.31. The summed E-state index contributed by atoms with van der Waals surface area (Å²) in [6, 6.07) is 12.5. The molecule has 8 fully saturated rings. The van der Waals surface area contributed by atoms with Gasteiger partial charge in [0.15, 0.2) is 18.7 Å². The zero-order valence-electron chi connectivity index (χ0n) is 50.7. The lowest BCUT2D eigenvalue weighted by atomic mass is 9.98. The summed E-state index contributed by atoms with van der Waals surface area (Å²) in [5.74, 6) is 0. The van der Waals surface area contributed by atoms with Gasteiger partial charge in [-0.25, -0.2) is 43.4 Å². The highest BCUT2D eigenvalue weighted by molar-refractivity contribution is 7.51. The van der Waals surface area contributed by atoms with Gasteiger partial charge in [-0.2, -0.15) is 0 Å². The van der Waals surface area contributed by atoms with Gasteiger partial charge in [-0.1, -0.05) is 24.3 Å². The molecule has 91 heavy (non-hydrogen) atoms. The average molecular weight is 1370 g/mol. The first-order valence-corrected chi connectivity index (χ1v) is 34.3. The van der Waals surface area contributed by atoms with Gasteiger partial charge < -0.3 is 94.5 Å². The number of hydrogen-bond donors (Lipinski definition) is 9. The van der Waals surface area contributed by atoms with Crippen LogP contribution in [0.3, 0.4) is 0 Å². The van der Waals surface area contributed by atoms with E-state index in [4.69, 9.17) is 56.8 Å². The Morgan fingerprint density at radius 1 is 0.484 bits per heavy atom. The third-order valence-corrected chi connectivity index (χ3v) is 21.0. The van der Waals surface area contributed by atoms with Crippen molar-refractivity contribution >= 4 is 41.8 Å². The first-order valence-electron chi connectivity index (χ1n) is 28.0. The van der Waals surface area contributed by atoms with Crippen LogP contribution in [0, 0.1) is 0 Å². The number of H-pyrrole nitrogens is 1. The average Bonchev–Trinajstić information content (AvgIpc) is 1.60. The number of aromatic amines is 1. The van der Waals surface area contributed by atoms with Crippen LogP contribution in [0.2, 0.25) is 0 Å². The van der Waals surface area contributed by atoms with E-state index in [1.165, 1.54) is 55.9 Å². The molecule has 0 amide bonds. The van der Waals surface area contributed by atoms with Crippen molar-refractivity contribution in [2.75, 3.05) is 110 Å². The Balaban J connectivity index is 0.000000145. The van der Waals surface area contributed by atoms with E-state index in [1.807, 2.05) is 25.1 Å². The highest BCUT2D eigenvalue weighted by atomic mass is 31.2. The minimum Gasteiger partial charge on any atom is -0.382 e. The summed E-state index contributed by atoms with van der Waals surface area (Å²) < 4.78 is 137. The summed E-state index contributed by atoms with van der Waals surface area (Å²) in [6.07, 6.45) is -0.309. The zero-order chi connectivity index (χ0) is 66.1. The van der Waals surface area contributed by atoms with Crippen LogP contribution in [0.1, 0.15) is 25.6 Å². The number of pyridine rings is 2. The van der Waals surface area contributed by atoms with Crippen molar-refractivity contribution < 1.29 is 113 Å². The van der Waals surface area contributed by atoms with Crippen LogP contribution in [-0.4, -0.2) is 225 Å². The van der Waals surface area contributed by atoms with Crippen molar-refractivity contribution in [1.29, 1.82) is 0 Å². The molecule has 9 N–H and O–H groups in total. The maximum Gasteiger partial charge on any atom is 0.403 e. The molecule has 0 saturated carbocycles.